The zero-order valence-electron chi connectivity index (χ0n) is 10.6. The molecular formula is C13H23NO. The molecule has 0 aliphatic heterocycles. The summed E-state index contributed by atoms with van der Waals surface area (Å²) in [5, 5.41) is 0. The van der Waals surface area contributed by atoms with Gasteiger partial charge in [0.15, 0.2) is 0 Å². The molecule has 1 aromatic rings. The van der Waals surface area contributed by atoms with Gasteiger partial charge in [0.2, 0.25) is 0 Å². The first-order chi connectivity index (χ1) is 7.29. The number of rotatable bonds is 4. The first-order valence-corrected chi connectivity index (χ1v) is 5.86. The molecule has 0 saturated heterocycles. The average molecular weight is 209 g/mol. The second-order valence-electron chi connectivity index (χ2n) is 3.09. The van der Waals surface area contributed by atoms with Gasteiger partial charge in [-0.3, -0.25) is 4.98 Å². The van der Waals surface area contributed by atoms with Crippen molar-refractivity contribution in [1.82, 2.24) is 4.98 Å². The normalized spacial score (nSPS) is 9.13. The quantitative estimate of drug-likeness (QED) is 0.753. The van der Waals surface area contributed by atoms with Crippen molar-refractivity contribution in [3.8, 4) is 5.75 Å². The third-order valence-corrected chi connectivity index (χ3v) is 2.00. The Hall–Kier alpha value is -1.05. The zero-order valence-corrected chi connectivity index (χ0v) is 10.6. The van der Waals surface area contributed by atoms with Crippen molar-refractivity contribution in [1.29, 1.82) is 0 Å². The van der Waals surface area contributed by atoms with Crippen LogP contribution in [0.3, 0.4) is 0 Å². The second kappa shape index (κ2) is 8.27. The lowest BCUT2D eigenvalue weighted by Gasteiger charge is -2.11. The molecule has 15 heavy (non-hydrogen) atoms. The van der Waals surface area contributed by atoms with Crippen LogP contribution in [-0.2, 0) is 6.42 Å². The minimum absolute atomic E-state index is 0.777. The van der Waals surface area contributed by atoms with Crippen LogP contribution < -0.4 is 4.74 Å². The molecule has 0 amide bonds. The maximum atomic E-state index is 5.65. The van der Waals surface area contributed by atoms with Crippen LogP contribution in [0.4, 0.5) is 0 Å². The molecule has 1 heterocycles. The van der Waals surface area contributed by atoms with Crippen molar-refractivity contribution in [2.75, 3.05) is 6.61 Å². The summed E-state index contributed by atoms with van der Waals surface area (Å²) >= 11 is 0. The number of nitrogens with zero attached hydrogens (tertiary/aromatic N) is 1. The molecule has 2 heteroatoms. The van der Waals surface area contributed by atoms with Crippen molar-refractivity contribution in [3.05, 3.63) is 23.5 Å². The Balaban J connectivity index is 0.000000921. The Kier molecular flexibility index (Phi) is 7.69. The van der Waals surface area contributed by atoms with Crippen LogP contribution in [0.2, 0.25) is 0 Å². The van der Waals surface area contributed by atoms with Crippen LogP contribution in [0, 0.1) is 6.92 Å². The molecule has 1 rings (SSSR count). The van der Waals surface area contributed by atoms with E-state index < -0.39 is 0 Å². The second-order valence-corrected chi connectivity index (χ2v) is 3.09. The van der Waals surface area contributed by atoms with Crippen molar-refractivity contribution in [3.63, 3.8) is 0 Å². The van der Waals surface area contributed by atoms with Gasteiger partial charge < -0.3 is 4.74 Å². The number of hydrogen-bond donors (Lipinski definition) is 0. The van der Waals surface area contributed by atoms with Crippen molar-refractivity contribution >= 4 is 0 Å². The fourth-order valence-electron chi connectivity index (χ4n) is 1.29. The van der Waals surface area contributed by atoms with Gasteiger partial charge in [0.25, 0.3) is 0 Å². The monoisotopic (exact) mass is 209 g/mol. The van der Waals surface area contributed by atoms with Gasteiger partial charge in [0.05, 0.1) is 12.3 Å². The van der Waals surface area contributed by atoms with Crippen molar-refractivity contribution < 1.29 is 4.74 Å². The minimum Gasteiger partial charge on any atom is -0.491 e. The highest BCUT2D eigenvalue weighted by Gasteiger charge is 2.05. The van der Waals surface area contributed by atoms with Gasteiger partial charge in [-0.1, -0.05) is 27.7 Å². The molecule has 0 atom stereocenters. The summed E-state index contributed by atoms with van der Waals surface area (Å²) in [6, 6.07) is 2.03. The van der Waals surface area contributed by atoms with Gasteiger partial charge in [-0.15, -0.1) is 0 Å². The number of aromatic nitrogens is 1. The minimum atomic E-state index is 0.777. The van der Waals surface area contributed by atoms with E-state index in [1.165, 1.54) is 5.56 Å². The fourth-order valence-corrected chi connectivity index (χ4v) is 1.29. The smallest absolute Gasteiger partial charge is 0.143 e. The highest BCUT2D eigenvalue weighted by Crippen LogP contribution is 2.21. The fraction of sp³-hybridized carbons (Fsp3) is 0.615. The van der Waals surface area contributed by atoms with Gasteiger partial charge in [0, 0.05) is 6.20 Å². The van der Waals surface area contributed by atoms with Gasteiger partial charge in [0.1, 0.15) is 5.75 Å². The van der Waals surface area contributed by atoms with E-state index >= 15 is 0 Å². The van der Waals surface area contributed by atoms with Crippen LogP contribution in [-0.4, -0.2) is 11.6 Å². The molecule has 0 radical (unpaired) electrons. The van der Waals surface area contributed by atoms with E-state index in [0.717, 1.165) is 30.9 Å². The maximum Gasteiger partial charge on any atom is 0.143 e. The molecule has 2 nitrogen and oxygen atoms in total. The van der Waals surface area contributed by atoms with Crippen molar-refractivity contribution in [2.45, 2.75) is 47.5 Å². The molecule has 0 unspecified atom stereocenters. The van der Waals surface area contributed by atoms with E-state index in [1.807, 2.05) is 33.0 Å². The summed E-state index contributed by atoms with van der Waals surface area (Å²) in [6.07, 6.45) is 3.88. The Morgan fingerprint density at radius 1 is 1.27 bits per heavy atom. The van der Waals surface area contributed by atoms with E-state index in [1.54, 1.807) is 0 Å². The lowest BCUT2D eigenvalue weighted by atomic mass is 10.1. The summed E-state index contributed by atoms with van der Waals surface area (Å²) in [4.78, 5) is 4.22. The van der Waals surface area contributed by atoms with Crippen molar-refractivity contribution in [2.24, 2.45) is 0 Å². The first kappa shape index (κ1) is 13.9. The van der Waals surface area contributed by atoms with Crippen LogP contribution in [0.5, 0.6) is 5.75 Å². The average Bonchev–Trinajstić information content (AvgIpc) is 2.30. The number of ether oxygens (including phenoxy) is 1. The van der Waals surface area contributed by atoms with E-state index in [4.69, 9.17) is 4.74 Å². The molecule has 0 aromatic carbocycles. The summed E-state index contributed by atoms with van der Waals surface area (Å²) in [5.41, 5.74) is 2.24. The van der Waals surface area contributed by atoms with Crippen LogP contribution in [0.25, 0.3) is 0 Å². The molecule has 0 N–H and O–H groups in total. The topological polar surface area (TPSA) is 22.1 Å². The molecular weight excluding hydrogens is 186 g/mol. The van der Waals surface area contributed by atoms with Crippen LogP contribution in [0.15, 0.2) is 12.3 Å². The highest BCUT2D eigenvalue weighted by atomic mass is 16.5. The largest absolute Gasteiger partial charge is 0.491 e. The lowest BCUT2D eigenvalue weighted by molar-refractivity contribution is 0.310. The van der Waals surface area contributed by atoms with Gasteiger partial charge >= 0.3 is 0 Å². The SMILES string of the molecule is CC.CCCOc1c(CC)ccnc1C. The van der Waals surface area contributed by atoms with E-state index in [-0.39, 0.29) is 0 Å². The number of aryl methyl sites for hydroxylation is 2. The zero-order chi connectivity index (χ0) is 11.7. The van der Waals surface area contributed by atoms with Crippen LogP contribution >= 0.6 is 0 Å². The van der Waals surface area contributed by atoms with Gasteiger partial charge in [-0.25, -0.2) is 0 Å². The molecule has 0 aliphatic rings. The summed E-state index contributed by atoms with van der Waals surface area (Å²) in [5.74, 6) is 0.979. The Labute approximate surface area is 93.7 Å². The van der Waals surface area contributed by atoms with E-state index in [0.29, 0.717) is 0 Å². The Morgan fingerprint density at radius 2 is 1.93 bits per heavy atom. The molecule has 1 aromatic heterocycles. The molecule has 0 spiro atoms. The van der Waals surface area contributed by atoms with Gasteiger partial charge in [-0.2, -0.15) is 0 Å². The standard InChI is InChI=1S/C11H17NO.C2H6/c1-4-8-13-11-9(3)12-7-6-10(11)5-2;1-2/h6-7H,4-5,8H2,1-3H3;1-2H3. The van der Waals surface area contributed by atoms with E-state index in [9.17, 15) is 0 Å². The Morgan fingerprint density at radius 3 is 2.47 bits per heavy atom. The molecule has 0 bridgehead atoms. The molecule has 0 aliphatic carbocycles. The maximum absolute atomic E-state index is 5.65. The third kappa shape index (κ3) is 4.32. The van der Waals surface area contributed by atoms with E-state index in [2.05, 4.69) is 18.8 Å². The summed E-state index contributed by atoms with van der Waals surface area (Å²) < 4.78 is 5.65. The predicted octanol–water partition coefficient (Wildman–Crippen LogP) is 3.77. The molecule has 0 saturated carbocycles. The Bertz CT molecular complexity index is 271. The van der Waals surface area contributed by atoms with Crippen LogP contribution in [0.1, 0.15) is 45.4 Å². The number of hydrogen-bond acceptors (Lipinski definition) is 2. The summed E-state index contributed by atoms with van der Waals surface area (Å²) in [6.45, 7) is 11.0. The molecule has 0 fully saturated rings. The first-order valence-electron chi connectivity index (χ1n) is 5.86. The predicted molar refractivity (Wildman–Crippen MR) is 65.5 cm³/mol. The van der Waals surface area contributed by atoms with Gasteiger partial charge in [-0.05, 0) is 31.4 Å². The summed E-state index contributed by atoms with van der Waals surface area (Å²) in [7, 11) is 0. The number of pyridine rings is 1. The third-order valence-electron chi connectivity index (χ3n) is 2.00. The highest BCUT2D eigenvalue weighted by molar-refractivity contribution is 5.36. The molecule has 86 valence electrons. The lowest BCUT2D eigenvalue weighted by Crippen LogP contribution is -2.01.